The van der Waals surface area contributed by atoms with E-state index in [0.29, 0.717) is 30.2 Å². The van der Waals surface area contributed by atoms with Crippen molar-refractivity contribution in [2.24, 2.45) is 0 Å². The second kappa shape index (κ2) is 16.3. The zero-order chi connectivity index (χ0) is 34.0. The molecule has 10 heteroatoms. The molecule has 9 nitrogen and oxygen atoms in total. The van der Waals surface area contributed by atoms with Crippen LogP contribution in [0.1, 0.15) is 51.4 Å². The van der Waals surface area contributed by atoms with Crippen LogP contribution in [-0.2, 0) is 22.6 Å². The van der Waals surface area contributed by atoms with E-state index in [0.717, 1.165) is 32.9 Å². The minimum atomic E-state index is -0.955. The monoisotopic (exact) mass is 676 g/mol. The molecular weight excluding hydrogens is 641 g/mol. The first-order valence-electron chi connectivity index (χ1n) is 15.9. The van der Waals surface area contributed by atoms with Crippen molar-refractivity contribution in [1.82, 2.24) is 5.32 Å². The Morgan fingerprint density at radius 3 is 2.08 bits per heavy atom. The van der Waals surface area contributed by atoms with E-state index in [1.165, 1.54) is 0 Å². The first-order valence-corrected chi connectivity index (χ1v) is 16.8. The molecule has 0 aromatic heterocycles. The lowest BCUT2D eigenvalue weighted by Crippen LogP contribution is -2.31. The second-order valence-corrected chi connectivity index (χ2v) is 12.6. The summed E-state index contributed by atoms with van der Waals surface area (Å²) in [5.74, 6) is 1.11. The number of rotatable bonds is 12. The maximum atomic E-state index is 12.6. The molecule has 0 radical (unpaired) electrons. The van der Waals surface area contributed by atoms with Gasteiger partial charge < -0.3 is 35.1 Å². The van der Waals surface area contributed by atoms with Gasteiger partial charge in [-0.1, -0.05) is 66.7 Å². The Kier molecular flexibility index (Phi) is 11.2. The molecule has 250 valence electrons. The van der Waals surface area contributed by atoms with Crippen LogP contribution in [0.2, 0.25) is 0 Å². The fourth-order valence-corrected chi connectivity index (χ4v) is 6.21. The zero-order valence-electron chi connectivity index (χ0n) is 26.5. The Hall–Kier alpha value is -5.13. The van der Waals surface area contributed by atoms with Crippen molar-refractivity contribution in [1.29, 1.82) is 0 Å². The van der Waals surface area contributed by atoms with Gasteiger partial charge in [-0.25, -0.2) is 9.59 Å². The van der Waals surface area contributed by atoms with Gasteiger partial charge in [-0.3, -0.25) is 0 Å². The number of aliphatic hydroxyl groups excluding tert-OH is 1. The smallest absolute Gasteiger partial charge is 0.335 e. The third kappa shape index (κ3) is 9.49. The number of urea groups is 1. The normalized spacial score (nSPS) is 17.2. The van der Waals surface area contributed by atoms with Crippen molar-refractivity contribution in [3.63, 3.8) is 0 Å². The molecule has 0 saturated carbocycles. The third-order valence-corrected chi connectivity index (χ3v) is 9.09. The van der Waals surface area contributed by atoms with Gasteiger partial charge >= 0.3 is 12.0 Å². The summed E-state index contributed by atoms with van der Waals surface area (Å²) in [4.78, 5) is 24.8. The van der Waals surface area contributed by atoms with Crippen LogP contribution in [0.15, 0.2) is 132 Å². The molecule has 49 heavy (non-hydrogen) atoms. The predicted molar refractivity (Wildman–Crippen MR) is 188 cm³/mol. The van der Waals surface area contributed by atoms with E-state index in [4.69, 9.17) is 14.2 Å². The zero-order valence-corrected chi connectivity index (χ0v) is 27.3. The summed E-state index contributed by atoms with van der Waals surface area (Å²) in [7, 11) is 0. The average Bonchev–Trinajstić information content (AvgIpc) is 3.14. The van der Waals surface area contributed by atoms with Gasteiger partial charge in [0.05, 0.1) is 24.4 Å². The molecule has 0 spiro atoms. The number of thioether (sulfide) groups is 1. The van der Waals surface area contributed by atoms with Gasteiger partial charge in [-0.15, -0.1) is 11.8 Å². The molecule has 1 heterocycles. The lowest BCUT2D eigenvalue weighted by molar-refractivity contribution is -0.245. The number of para-hydroxylation sites is 1. The number of anilines is 1. The summed E-state index contributed by atoms with van der Waals surface area (Å²) in [5, 5.41) is 24.4. The van der Waals surface area contributed by atoms with E-state index < -0.39 is 12.3 Å². The number of carboxylic acid groups (broad SMARTS) is 1. The van der Waals surface area contributed by atoms with Crippen LogP contribution in [0.5, 0.6) is 11.5 Å². The summed E-state index contributed by atoms with van der Waals surface area (Å²) in [5.41, 5.74) is 4.48. The minimum absolute atomic E-state index is 0.0297. The Labute approximate surface area is 288 Å². The van der Waals surface area contributed by atoms with Gasteiger partial charge in [-0.2, -0.15) is 0 Å². The minimum Gasteiger partial charge on any atom is -0.478 e. The quantitative estimate of drug-likeness (QED) is 0.0972. The van der Waals surface area contributed by atoms with E-state index >= 15 is 0 Å². The van der Waals surface area contributed by atoms with Crippen molar-refractivity contribution in [2.75, 3.05) is 11.1 Å². The second-order valence-electron chi connectivity index (χ2n) is 11.5. The van der Waals surface area contributed by atoms with E-state index in [-0.39, 0.29) is 30.4 Å². The van der Waals surface area contributed by atoms with E-state index in [2.05, 4.69) is 10.6 Å². The average molecular weight is 677 g/mol. The molecule has 5 aromatic rings. The highest BCUT2D eigenvalue weighted by atomic mass is 32.2. The number of benzene rings is 5. The van der Waals surface area contributed by atoms with Crippen LogP contribution < -0.4 is 15.4 Å². The Morgan fingerprint density at radius 1 is 0.755 bits per heavy atom. The number of hydrogen-bond acceptors (Lipinski definition) is 7. The van der Waals surface area contributed by atoms with E-state index in [1.807, 2.05) is 78.9 Å². The molecule has 5 aromatic carbocycles. The van der Waals surface area contributed by atoms with Crippen molar-refractivity contribution in [3.8, 4) is 11.5 Å². The summed E-state index contributed by atoms with van der Waals surface area (Å²) < 4.78 is 18.7. The number of amides is 2. The van der Waals surface area contributed by atoms with E-state index in [9.17, 15) is 19.8 Å². The maximum Gasteiger partial charge on any atom is 0.335 e. The van der Waals surface area contributed by atoms with Crippen LogP contribution in [0.3, 0.4) is 0 Å². The molecule has 1 saturated heterocycles. The van der Waals surface area contributed by atoms with Crippen molar-refractivity contribution >= 4 is 29.4 Å². The summed E-state index contributed by atoms with van der Waals surface area (Å²) in [6.07, 6.45) is -0.352. The lowest BCUT2D eigenvalue weighted by atomic mass is 10.0. The number of aliphatic hydroxyl groups is 1. The molecular formula is C39H36N2O7S. The molecule has 1 aliphatic rings. The van der Waals surface area contributed by atoms with Gasteiger partial charge in [0.1, 0.15) is 11.5 Å². The van der Waals surface area contributed by atoms with Crippen LogP contribution in [0, 0.1) is 0 Å². The fourth-order valence-electron chi connectivity index (χ4n) is 5.29. The van der Waals surface area contributed by atoms with Gasteiger partial charge in [0, 0.05) is 34.9 Å². The van der Waals surface area contributed by atoms with Crippen molar-refractivity contribution in [3.05, 3.63) is 155 Å². The van der Waals surface area contributed by atoms with Gasteiger partial charge in [-0.05, 0) is 77.4 Å². The lowest BCUT2D eigenvalue weighted by Gasteiger charge is -2.36. The van der Waals surface area contributed by atoms with Crippen LogP contribution in [-0.4, -0.2) is 34.1 Å². The first kappa shape index (κ1) is 33.8. The number of nitrogens with one attached hydrogen (secondary N) is 2. The predicted octanol–water partition coefficient (Wildman–Crippen LogP) is 8.33. The summed E-state index contributed by atoms with van der Waals surface area (Å²) >= 11 is 1.60. The van der Waals surface area contributed by atoms with Gasteiger partial charge in [0.15, 0.2) is 6.29 Å². The molecule has 1 aliphatic heterocycles. The van der Waals surface area contributed by atoms with Gasteiger partial charge in [0.2, 0.25) is 0 Å². The number of carbonyl (C=O) groups excluding carboxylic acids is 1. The molecule has 0 aliphatic carbocycles. The highest BCUT2D eigenvalue weighted by Gasteiger charge is 2.32. The number of aromatic carboxylic acids is 1. The Bertz CT molecular complexity index is 1820. The van der Waals surface area contributed by atoms with Crippen molar-refractivity contribution in [2.45, 2.75) is 43.0 Å². The first-order chi connectivity index (χ1) is 23.9. The third-order valence-electron chi connectivity index (χ3n) is 7.95. The number of carboxylic acids is 1. The molecule has 3 atom stereocenters. The Balaban J connectivity index is 1.05. The molecule has 0 bridgehead atoms. The van der Waals surface area contributed by atoms with E-state index in [1.54, 1.807) is 60.3 Å². The number of carbonyl (C=O) groups is 2. The largest absolute Gasteiger partial charge is 0.478 e. The molecule has 4 N–H and O–H groups in total. The molecule has 2 amide bonds. The maximum absolute atomic E-state index is 12.6. The molecule has 3 unspecified atom stereocenters. The van der Waals surface area contributed by atoms with Crippen LogP contribution in [0.4, 0.5) is 10.5 Å². The van der Waals surface area contributed by atoms with Crippen LogP contribution in [0.25, 0.3) is 0 Å². The highest BCUT2D eigenvalue weighted by molar-refractivity contribution is 7.99. The highest BCUT2D eigenvalue weighted by Crippen LogP contribution is 2.39. The summed E-state index contributed by atoms with van der Waals surface area (Å²) in [6.45, 7) is 0.297. The topological polar surface area (TPSA) is 126 Å². The molecule has 6 rings (SSSR count). The van der Waals surface area contributed by atoms with Gasteiger partial charge in [0.25, 0.3) is 0 Å². The SMILES string of the molecule is O=C(NCc1ccc(C2OC(CSc3ccc(C(=O)O)cc3)CC(c3ccc(CO)cc3)O2)cc1)Nc1ccc(Oc2ccccc2)cc1. The Morgan fingerprint density at radius 2 is 1.41 bits per heavy atom. The number of ether oxygens (including phenoxy) is 3. The summed E-state index contributed by atoms with van der Waals surface area (Å²) in [6, 6.07) is 38.6. The van der Waals surface area contributed by atoms with Crippen molar-refractivity contribution < 1.29 is 34.0 Å². The standard InChI is InChI=1S/C39H36N2O7S/c42-24-27-8-10-28(11-9-27)36-22-34(25-49-35-20-14-29(15-21-35)37(43)44)47-38(48-36)30-12-6-26(7-13-30)23-40-39(45)41-31-16-18-33(19-17-31)46-32-4-2-1-3-5-32/h1-21,34,36,38,42H,22-25H2,(H,43,44)(H2,40,41,45). The van der Waals surface area contributed by atoms with Crippen LogP contribution >= 0.6 is 11.8 Å². The fraction of sp³-hybridized carbons (Fsp3) is 0.179. The number of hydrogen-bond donors (Lipinski definition) is 4. The molecule has 1 fully saturated rings.